The van der Waals surface area contributed by atoms with E-state index in [1.54, 1.807) is 13.8 Å². The molecule has 0 aliphatic rings. The standard InChI is InChI=1S/C10H20O4/c1-6-11-8(3)13-10(5)14-9(4)12-7-2/h6,8-10H,1,7H2,2-5H3. The van der Waals surface area contributed by atoms with Crippen molar-refractivity contribution in [2.75, 3.05) is 6.61 Å². The van der Waals surface area contributed by atoms with Gasteiger partial charge in [-0.05, 0) is 27.7 Å². The fourth-order valence-electron chi connectivity index (χ4n) is 1.01. The molecule has 0 aliphatic heterocycles. The van der Waals surface area contributed by atoms with Crippen molar-refractivity contribution in [2.45, 2.75) is 46.6 Å². The zero-order chi connectivity index (χ0) is 11.0. The Hall–Kier alpha value is -0.580. The predicted octanol–water partition coefficient (Wildman–Crippen LogP) is 2.25. The van der Waals surface area contributed by atoms with Crippen LogP contribution in [0.4, 0.5) is 0 Å². The van der Waals surface area contributed by atoms with Crippen LogP contribution in [0.25, 0.3) is 0 Å². The van der Waals surface area contributed by atoms with Crippen LogP contribution >= 0.6 is 0 Å². The van der Waals surface area contributed by atoms with Crippen molar-refractivity contribution >= 4 is 0 Å². The maximum absolute atomic E-state index is 5.35. The van der Waals surface area contributed by atoms with E-state index in [1.165, 1.54) is 6.26 Å². The van der Waals surface area contributed by atoms with Gasteiger partial charge in [0.05, 0.1) is 6.26 Å². The predicted molar refractivity (Wildman–Crippen MR) is 53.5 cm³/mol. The molecule has 0 amide bonds. The molecule has 0 aromatic rings. The highest BCUT2D eigenvalue weighted by atomic mass is 16.8. The van der Waals surface area contributed by atoms with E-state index in [4.69, 9.17) is 18.9 Å². The molecular weight excluding hydrogens is 184 g/mol. The van der Waals surface area contributed by atoms with Crippen molar-refractivity contribution in [3.05, 3.63) is 12.8 Å². The van der Waals surface area contributed by atoms with E-state index < -0.39 is 0 Å². The van der Waals surface area contributed by atoms with E-state index in [1.807, 2.05) is 13.8 Å². The van der Waals surface area contributed by atoms with Gasteiger partial charge in [0.2, 0.25) is 0 Å². The maximum Gasteiger partial charge on any atom is 0.198 e. The molecule has 0 aromatic heterocycles. The van der Waals surface area contributed by atoms with Crippen molar-refractivity contribution in [1.82, 2.24) is 0 Å². The summed E-state index contributed by atoms with van der Waals surface area (Å²) in [6.45, 7) is 11.3. The average Bonchev–Trinajstić information content (AvgIpc) is 2.03. The van der Waals surface area contributed by atoms with Crippen LogP contribution in [0.15, 0.2) is 12.8 Å². The topological polar surface area (TPSA) is 36.9 Å². The second kappa shape index (κ2) is 7.79. The smallest absolute Gasteiger partial charge is 0.198 e. The molecule has 0 saturated carbocycles. The number of hydrogen-bond donors (Lipinski definition) is 0. The SMILES string of the molecule is C=COC(C)OC(C)OC(C)OCC. The first kappa shape index (κ1) is 13.4. The minimum atomic E-state index is -0.369. The van der Waals surface area contributed by atoms with Gasteiger partial charge in [-0.15, -0.1) is 0 Å². The van der Waals surface area contributed by atoms with Gasteiger partial charge in [0, 0.05) is 6.61 Å². The normalized spacial score (nSPS) is 17.1. The van der Waals surface area contributed by atoms with Gasteiger partial charge in [-0.1, -0.05) is 6.58 Å². The van der Waals surface area contributed by atoms with E-state index in [2.05, 4.69) is 6.58 Å². The Kier molecular flexibility index (Phi) is 7.47. The van der Waals surface area contributed by atoms with E-state index >= 15 is 0 Å². The highest BCUT2D eigenvalue weighted by molar-refractivity contribution is 4.50. The first-order chi connectivity index (χ1) is 6.60. The van der Waals surface area contributed by atoms with Gasteiger partial charge >= 0.3 is 0 Å². The summed E-state index contributed by atoms with van der Waals surface area (Å²) >= 11 is 0. The van der Waals surface area contributed by atoms with Gasteiger partial charge in [0.25, 0.3) is 0 Å². The fourth-order valence-corrected chi connectivity index (χ4v) is 1.01. The van der Waals surface area contributed by atoms with Crippen LogP contribution in [0.2, 0.25) is 0 Å². The summed E-state index contributed by atoms with van der Waals surface area (Å²) in [7, 11) is 0. The summed E-state index contributed by atoms with van der Waals surface area (Å²) in [5.74, 6) is 0. The minimum absolute atomic E-state index is 0.272. The minimum Gasteiger partial charge on any atom is -0.473 e. The molecule has 0 saturated heterocycles. The zero-order valence-electron chi connectivity index (χ0n) is 9.36. The van der Waals surface area contributed by atoms with E-state index in [0.29, 0.717) is 6.61 Å². The molecule has 0 spiro atoms. The van der Waals surface area contributed by atoms with Crippen molar-refractivity contribution in [1.29, 1.82) is 0 Å². The molecular formula is C10H20O4. The molecule has 0 aliphatic carbocycles. The molecule has 0 heterocycles. The molecule has 3 unspecified atom stereocenters. The van der Waals surface area contributed by atoms with Gasteiger partial charge in [0.15, 0.2) is 18.9 Å². The molecule has 4 nitrogen and oxygen atoms in total. The highest BCUT2D eigenvalue weighted by Crippen LogP contribution is 2.05. The first-order valence-electron chi connectivity index (χ1n) is 4.79. The van der Waals surface area contributed by atoms with Crippen LogP contribution < -0.4 is 0 Å². The lowest BCUT2D eigenvalue weighted by Gasteiger charge is -2.22. The molecule has 3 atom stereocenters. The monoisotopic (exact) mass is 204 g/mol. The van der Waals surface area contributed by atoms with Gasteiger partial charge in [-0.3, -0.25) is 0 Å². The Balaban J connectivity index is 3.62. The third-order valence-corrected chi connectivity index (χ3v) is 1.46. The summed E-state index contributed by atoms with van der Waals surface area (Å²) in [5.41, 5.74) is 0. The largest absolute Gasteiger partial charge is 0.473 e. The van der Waals surface area contributed by atoms with Crippen LogP contribution in [0.1, 0.15) is 27.7 Å². The van der Waals surface area contributed by atoms with E-state index in [9.17, 15) is 0 Å². The Bertz CT molecular complexity index is 149. The molecule has 0 bridgehead atoms. The van der Waals surface area contributed by atoms with Gasteiger partial charge < -0.3 is 18.9 Å². The molecule has 0 fully saturated rings. The lowest BCUT2D eigenvalue weighted by molar-refractivity contribution is -0.270. The molecule has 0 aromatic carbocycles. The van der Waals surface area contributed by atoms with Crippen LogP contribution in [0, 0.1) is 0 Å². The molecule has 0 radical (unpaired) electrons. The summed E-state index contributed by atoms with van der Waals surface area (Å²) in [6, 6.07) is 0. The summed E-state index contributed by atoms with van der Waals surface area (Å²) in [5, 5.41) is 0. The van der Waals surface area contributed by atoms with Crippen molar-refractivity contribution in [3.8, 4) is 0 Å². The van der Waals surface area contributed by atoms with Crippen LogP contribution in [0.5, 0.6) is 0 Å². The zero-order valence-corrected chi connectivity index (χ0v) is 9.36. The maximum atomic E-state index is 5.35. The van der Waals surface area contributed by atoms with Crippen molar-refractivity contribution < 1.29 is 18.9 Å². The number of rotatable bonds is 8. The Morgan fingerprint density at radius 1 is 1.07 bits per heavy atom. The van der Waals surface area contributed by atoms with Gasteiger partial charge in [0.1, 0.15) is 0 Å². The Morgan fingerprint density at radius 3 is 2.14 bits per heavy atom. The quantitative estimate of drug-likeness (QED) is 0.449. The Morgan fingerprint density at radius 2 is 1.64 bits per heavy atom. The van der Waals surface area contributed by atoms with E-state index in [-0.39, 0.29) is 18.9 Å². The average molecular weight is 204 g/mol. The third-order valence-electron chi connectivity index (χ3n) is 1.46. The van der Waals surface area contributed by atoms with Crippen LogP contribution in [0.3, 0.4) is 0 Å². The second-order valence-electron chi connectivity index (χ2n) is 2.73. The molecule has 14 heavy (non-hydrogen) atoms. The van der Waals surface area contributed by atoms with Crippen LogP contribution in [-0.2, 0) is 18.9 Å². The fraction of sp³-hybridized carbons (Fsp3) is 0.800. The lowest BCUT2D eigenvalue weighted by atomic mass is 10.6. The molecule has 84 valence electrons. The number of hydrogen-bond acceptors (Lipinski definition) is 4. The first-order valence-corrected chi connectivity index (χ1v) is 4.79. The van der Waals surface area contributed by atoms with Crippen molar-refractivity contribution in [3.63, 3.8) is 0 Å². The lowest BCUT2D eigenvalue weighted by Crippen LogP contribution is -2.26. The van der Waals surface area contributed by atoms with Gasteiger partial charge in [-0.2, -0.15) is 0 Å². The van der Waals surface area contributed by atoms with Crippen molar-refractivity contribution in [2.24, 2.45) is 0 Å². The summed E-state index contributed by atoms with van der Waals surface area (Å²) in [4.78, 5) is 0. The number of ether oxygens (including phenoxy) is 4. The third kappa shape index (κ3) is 6.88. The molecule has 4 heteroatoms. The summed E-state index contributed by atoms with van der Waals surface area (Å²) in [6.07, 6.45) is 0.331. The van der Waals surface area contributed by atoms with E-state index in [0.717, 1.165) is 0 Å². The second-order valence-corrected chi connectivity index (χ2v) is 2.73. The summed E-state index contributed by atoms with van der Waals surface area (Å²) < 4.78 is 20.8. The molecule has 0 rings (SSSR count). The highest BCUT2D eigenvalue weighted by Gasteiger charge is 2.11. The van der Waals surface area contributed by atoms with Crippen LogP contribution in [-0.4, -0.2) is 25.5 Å². The Labute approximate surface area is 85.8 Å². The molecule has 0 N–H and O–H groups in total. The van der Waals surface area contributed by atoms with Gasteiger partial charge in [-0.25, -0.2) is 0 Å².